The fourth-order valence-electron chi connectivity index (χ4n) is 3.08. The van der Waals surface area contributed by atoms with Crippen molar-refractivity contribution in [3.8, 4) is 11.8 Å². The lowest BCUT2D eigenvalue weighted by Crippen LogP contribution is -2.34. The Hall–Kier alpha value is -2.32. The number of ether oxygens (including phenoxy) is 1. The van der Waals surface area contributed by atoms with E-state index in [0.717, 1.165) is 31.8 Å². The van der Waals surface area contributed by atoms with Gasteiger partial charge in [0.1, 0.15) is 5.75 Å². The van der Waals surface area contributed by atoms with Crippen LogP contribution < -0.4 is 4.74 Å². The van der Waals surface area contributed by atoms with Crippen molar-refractivity contribution in [3.05, 3.63) is 47.8 Å². The van der Waals surface area contributed by atoms with E-state index in [1.165, 1.54) is 18.4 Å². The molecule has 23 heavy (non-hydrogen) atoms. The average Bonchev–Trinajstić information content (AvgIpc) is 3.14. The number of nitrogens with zero attached hydrogens (tertiary/aromatic N) is 3. The van der Waals surface area contributed by atoms with Crippen LogP contribution in [0.1, 0.15) is 36.3 Å². The van der Waals surface area contributed by atoms with E-state index in [1.807, 2.05) is 24.5 Å². The molecule has 1 N–H and O–H groups in total. The molecule has 0 radical (unpaired) electrons. The molecule has 1 aliphatic rings. The van der Waals surface area contributed by atoms with E-state index in [2.05, 4.69) is 21.2 Å². The molecule has 0 amide bonds. The molecule has 0 saturated carbocycles. The van der Waals surface area contributed by atoms with Crippen LogP contribution in [-0.2, 0) is 0 Å². The lowest BCUT2D eigenvalue weighted by Gasteiger charge is -2.31. The Morgan fingerprint density at radius 1 is 1.26 bits per heavy atom. The molecular weight excluding hydrogens is 288 g/mol. The smallest absolute Gasteiger partial charge is 0.119 e. The quantitative estimate of drug-likeness (QED) is 0.833. The number of rotatable bonds is 6. The standard InChI is InChI=1S/C18H22N4O/c19-12-15-2-4-18(5-3-15)23-11-1-8-22-9-6-16(7-10-22)17-13-20-21-14-17/h2-5,13-14,16H,1,6-11H2,(H,20,21). The van der Waals surface area contributed by atoms with Gasteiger partial charge in [0.25, 0.3) is 0 Å². The maximum atomic E-state index is 8.76. The Morgan fingerprint density at radius 3 is 2.70 bits per heavy atom. The first-order valence-corrected chi connectivity index (χ1v) is 8.19. The zero-order valence-corrected chi connectivity index (χ0v) is 13.2. The molecule has 2 heterocycles. The number of nitrogens with one attached hydrogen (secondary N) is 1. The monoisotopic (exact) mass is 310 g/mol. The number of H-pyrrole nitrogens is 1. The first-order chi connectivity index (χ1) is 11.3. The lowest BCUT2D eigenvalue weighted by atomic mass is 9.91. The van der Waals surface area contributed by atoms with Gasteiger partial charge in [-0.3, -0.25) is 5.10 Å². The molecule has 1 aromatic heterocycles. The van der Waals surface area contributed by atoms with E-state index in [0.29, 0.717) is 18.1 Å². The van der Waals surface area contributed by atoms with Crippen LogP contribution in [0, 0.1) is 11.3 Å². The Morgan fingerprint density at radius 2 is 2.04 bits per heavy atom. The van der Waals surface area contributed by atoms with E-state index in [-0.39, 0.29) is 0 Å². The summed E-state index contributed by atoms with van der Waals surface area (Å²) in [7, 11) is 0. The summed E-state index contributed by atoms with van der Waals surface area (Å²) in [5, 5.41) is 15.7. The predicted molar refractivity (Wildman–Crippen MR) is 88.3 cm³/mol. The summed E-state index contributed by atoms with van der Waals surface area (Å²) >= 11 is 0. The Kier molecular flexibility index (Phi) is 5.28. The van der Waals surface area contributed by atoms with Crippen molar-refractivity contribution < 1.29 is 4.74 Å². The fraction of sp³-hybridized carbons (Fsp3) is 0.444. The first-order valence-electron chi connectivity index (χ1n) is 8.19. The number of hydrogen-bond donors (Lipinski definition) is 1. The number of hydrogen-bond acceptors (Lipinski definition) is 4. The minimum absolute atomic E-state index is 0.653. The molecule has 1 saturated heterocycles. The van der Waals surface area contributed by atoms with Gasteiger partial charge in [-0.05, 0) is 68.1 Å². The molecule has 5 heteroatoms. The number of likely N-dealkylation sites (tertiary alicyclic amines) is 1. The summed E-state index contributed by atoms with van der Waals surface area (Å²) in [4.78, 5) is 2.51. The molecule has 2 aromatic rings. The molecule has 0 bridgehead atoms. The molecular formula is C18H22N4O. The molecule has 0 atom stereocenters. The predicted octanol–water partition coefficient (Wildman–Crippen LogP) is 2.93. The van der Waals surface area contributed by atoms with Gasteiger partial charge in [-0.2, -0.15) is 10.4 Å². The Labute approximate surface area is 136 Å². The van der Waals surface area contributed by atoms with Crippen molar-refractivity contribution in [2.75, 3.05) is 26.2 Å². The topological polar surface area (TPSA) is 64.9 Å². The minimum atomic E-state index is 0.653. The van der Waals surface area contributed by atoms with E-state index in [9.17, 15) is 0 Å². The number of benzene rings is 1. The molecule has 0 unspecified atom stereocenters. The average molecular weight is 310 g/mol. The van der Waals surface area contributed by atoms with Crippen LogP contribution in [0.2, 0.25) is 0 Å². The van der Waals surface area contributed by atoms with E-state index in [1.54, 1.807) is 12.1 Å². The second-order valence-electron chi connectivity index (χ2n) is 5.99. The highest BCUT2D eigenvalue weighted by atomic mass is 16.5. The third kappa shape index (κ3) is 4.33. The van der Waals surface area contributed by atoms with Crippen LogP contribution in [0.5, 0.6) is 5.75 Å². The third-order valence-electron chi connectivity index (χ3n) is 4.45. The summed E-state index contributed by atoms with van der Waals surface area (Å²) in [6.07, 6.45) is 7.40. The van der Waals surface area contributed by atoms with Crippen molar-refractivity contribution in [1.82, 2.24) is 15.1 Å². The molecule has 1 fully saturated rings. The van der Waals surface area contributed by atoms with E-state index < -0.39 is 0 Å². The number of aromatic amines is 1. The van der Waals surface area contributed by atoms with Gasteiger partial charge < -0.3 is 9.64 Å². The summed E-state index contributed by atoms with van der Waals surface area (Å²) < 4.78 is 5.73. The SMILES string of the molecule is N#Cc1ccc(OCCCN2CCC(c3cn[nH]c3)CC2)cc1. The van der Waals surface area contributed by atoms with Crippen molar-refractivity contribution in [3.63, 3.8) is 0 Å². The first kappa shape index (κ1) is 15.6. The highest BCUT2D eigenvalue weighted by Gasteiger charge is 2.20. The van der Waals surface area contributed by atoms with E-state index in [4.69, 9.17) is 10.00 Å². The number of nitriles is 1. The maximum absolute atomic E-state index is 8.76. The van der Waals surface area contributed by atoms with Crippen molar-refractivity contribution in [2.45, 2.75) is 25.2 Å². The van der Waals surface area contributed by atoms with Gasteiger partial charge in [-0.1, -0.05) is 0 Å². The number of piperidine rings is 1. The summed E-state index contributed by atoms with van der Waals surface area (Å²) in [6.45, 7) is 4.08. The highest BCUT2D eigenvalue weighted by molar-refractivity contribution is 5.34. The van der Waals surface area contributed by atoms with Gasteiger partial charge in [-0.15, -0.1) is 0 Å². The van der Waals surface area contributed by atoms with Gasteiger partial charge in [0.15, 0.2) is 0 Å². The van der Waals surface area contributed by atoms with Crippen LogP contribution in [0.4, 0.5) is 0 Å². The second kappa shape index (κ2) is 7.80. The second-order valence-corrected chi connectivity index (χ2v) is 5.99. The van der Waals surface area contributed by atoms with Crippen LogP contribution >= 0.6 is 0 Å². The van der Waals surface area contributed by atoms with Crippen molar-refractivity contribution >= 4 is 0 Å². The Bertz CT molecular complexity index is 622. The van der Waals surface area contributed by atoms with Crippen LogP contribution in [0.15, 0.2) is 36.7 Å². The molecule has 5 nitrogen and oxygen atoms in total. The van der Waals surface area contributed by atoms with Crippen LogP contribution in [-0.4, -0.2) is 41.3 Å². The third-order valence-corrected chi connectivity index (χ3v) is 4.45. The van der Waals surface area contributed by atoms with Gasteiger partial charge >= 0.3 is 0 Å². The summed E-state index contributed by atoms with van der Waals surface area (Å²) in [6, 6.07) is 9.40. The van der Waals surface area contributed by atoms with Crippen molar-refractivity contribution in [1.29, 1.82) is 5.26 Å². The van der Waals surface area contributed by atoms with Gasteiger partial charge in [0.2, 0.25) is 0 Å². The zero-order valence-electron chi connectivity index (χ0n) is 13.2. The molecule has 3 rings (SSSR count). The summed E-state index contributed by atoms with van der Waals surface area (Å²) in [5.74, 6) is 1.49. The van der Waals surface area contributed by atoms with Gasteiger partial charge in [0, 0.05) is 12.7 Å². The fourth-order valence-corrected chi connectivity index (χ4v) is 3.08. The zero-order chi connectivity index (χ0) is 15.9. The highest BCUT2D eigenvalue weighted by Crippen LogP contribution is 2.27. The number of aromatic nitrogens is 2. The van der Waals surface area contributed by atoms with Crippen molar-refractivity contribution in [2.24, 2.45) is 0 Å². The molecule has 120 valence electrons. The molecule has 0 spiro atoms. The van der Waals surface area contributed by atoms with Crippen LogP contribution in [0.25, 0.3) is 0 Å². The van der Waals surface area contributed by atoms with Gasteiger partial charge in [-0.25, -0.2) is 0 Å². The molecule has 1 aromatic carbocycles. The lowest BCUT2D eigenvalue weighted by molar-refractivity contribution is 0.193. The molecule has 1 aliphatic heterocycles. The normalized spacial score (nSPS) is 16.1. The summed E-state index contributed by atoms with van der Waals surface area (Å²) in [5.41, 5.74) is 2.01. The molecule has 0 aliphatic carbocycles. The minimum Gasteiger partial charge on any atom is -0.494 e. The van der Waals surface area contributed by atoms with Gasteiger partial charge in [0.05, 0.1) is 24.4 Å². The largest absolute Gasteiger partial charge is 0.494 e. The Balaban J connectivity index is 1.33. The maximum Gasteiger partial charge on any atom is 0.119 e. The van der Waals surface area contributed by atoms with E-state index >= 15 is 0 Å². The van der Waals surface area contributed by atoms with Crippen LogP contribution in [0.3, 0.4) is 0 Å².